The molecule has 0 unspecified atom stereocenters. The van der Waals surface area contributed by atoms with Gasteiger partial charge in [0.05, 0.1) is 18.9 Å². The van der Waals surface area contributed by atoms with Gasteiger partial charge in [0.1, 0.15) is 4.90 Å². The number of amides is 1. The molecular weight excluding hydrogens is 374 g/mol. The van der Waals surface area contributed by atoms with Gasteiger partial charge < -0.3 is 5.32 Å². The molecule has 6 nitrogen and oxygen atoms in total. The van der Waals surface area contributed by atoms with Gasteiger partial charge in [-0.15, -0.1) is 0 Å². The summed E-state index contributed by atoms with van der Waals surface area (Å²) in [5, 5.41) is 2.88. The minimum Gasteiger partial charge on any atom is -0.326 e. The molecule has 0 aliphatic carbocycles. The molecule has 3 N–H and O–H groups in total. The van der Waals surface area contributed by atoms with Gasteiger partial charge in [-0.1, -0.05) is 49.7 Å². The van der Waals surface area contributed by atoms with Gasteiger partial charge in [-0.2, -0.15) is 13.1 Å². The lowest BCUT2D eigenvalue weighted by atomic mass is 9.93. The van der Waals surface area contributed by atoms with E-state index in [-0.39, 0.29) is 16.7 Å². The molecule has 0 saturated carbocycles. The average Bonchev–Trinajstić information content (AvgIpc) is 3.19. The third-order valence-corrected chi connectivity index (χ3v) is 6.10. The van der Waals surface area contributed by atoms with E-state index in [0.717, 1.165) is 31.4 Å². The zero-order chi connectivity index (χ0) is 20.0. The number of nitrogens with one attached hydrogen (secondary N) is 3. The fourth-order valence-corrected chi connectivity index (χ4v) is 4.45. The van der Waals surface area contributed by atoms with E-state index in [1.165, 1.54) is 12.1 Å². The second-order valence-electron chi connectivity index (χ2n) is 6.88. The average molecular weight is 401 g/mol. The Morgan fingerprint density at radius 2 is 1.93 bits per heavy atom. The van der Waals surface area contributed by atoms with Crippen molar-refractivity contribution in [3.63, 3.8) is 0 Å². The van der Waals surface area contributed by atoms with Gasteiger partial charge in [0.25, 0.3) is 5.84 Å². The molecule has 0 radical (unpaired) electrons. The topological polar surface area (TPSA) is 89.2 Å². The van der Waals surface area contributed by atoms with Crippen LogP contribution in [-0.4, -0.2) is 26.7 Å². The number of hydrogen-bond donors (Lipinski definition) is 3. The van der Waals surface area contributed by atoms with Gasteiger partial charge in [-0.3, -0.25) is 9.79 Å². The highest BCUT2D eigenvalue weighted by atomic mass is 32.2. The van der Waals surface area contributed by atoms with Gasteiger partial charge in [0, 0.05) is 5.69 Å². The molecule has 2 aromatic rings. The van der Waals surface area contributed by atoms with E-state index in [4.69, 9.17) is 0 Å². The lowest BCUT2D eigenvalue weighted by Crippen LogP contribution is -2.72. The summed E-state index contributed by atoms with van der Waals surface area (Å²) < 4.78 is 27.8. The number of hydrogen-bond acceptors (Lipinski definition) is 3. The number of carbonyl (C=O) groups is 1. The van der Waals surface area contributed by atoms with Crippen LogP contribution >= 0.6 is 0 Å². The van der Waals surface area contributed by atoms with Crippen LogP contribution < -0.4 is 15.0 Å². The normalized spacial score (nSPS) is 15.0. The van der Waals surface area contributed by atoms with Crippen molar-refractivity contribution < 1.29 is 18.2 Å². The molecular formula is C21H26N3O3S+. The third-order valence-electron chi connectivity index (χ3n) is 4.71. The zero-order valence-electron chi connectivity index (χ0n) is 15.9. The number of benzene rings is 2. The Hall–Kier alpha value is -2.67. The van der Waals surface area contributed by atoms with Crippen LogP contribution in [0.5, 0.6) is 0 Å². The Morgan fingerprint density at radius 1 is 1.14 bits per heavy atom. The van der Waals surface area contributed by atoms with Gasteiger partial charge in [-0.05, 0) is 36.6 Å². The minimum absolute atomic E-state index is 0.123. The second kappa shape index (κ2) is 9.01. The fourth-order valence-electron chi connectivity index (χ4n) is 3.29. The first-order chi connectivity index (χ1) is 13.5. The number of sulfonamides is 1. The summed E-state index contributed by atoms with van der Waals surface area (Å²) >= 11 is 0. The maximum atomic E-state index is 12.9. The maximum absolute atomic E-state index is 12.9. The molecule has 2 aromatic carbocycles. The van der Waals surface area contributed by atoms with E-state index in [2.05, 4.69) is 15.0 Å². The lowest BCUT2D eigenvalue weighted by molar-refractivity contribution is -0.448. The van der Waals surface area contributed by atoms with Gasteiger partial charge in [-0.25, -0.2) is 0 Å². The first-order valence-electron chi connectivity index (χ1n) is 9.58. The van der Waals surface area contributed by atoms with Crippen LogP contribution in [0.3, 0.4) is 0 Å². The molecule has 0 bridgehead atoms. The zero-order valence-corrected chi connectivity index (χ0v) is 16.8. The monoisotopic (exact) mass is 400 g/mol. The van der Waals surface area contributed by atoms with Crippen molar-refractivity contribution in [2.24, 2.45) is 0 Å². The highest BCUT2D eigenvalue weighted by Crippen LogP contribution is 2.24. The standard InChI is InChI=1S/C21H25N3O3S/c1-2-8-19(16-9-4-3-5-10-16)21(25)23-17-11-6-12-18(15-17)28(26,27)24-20-13-7-14-22-20/h3-6,9-12,15,19H,2,7-8,13-14H2,1H3,(H,22,24)(H,23,25)/p+1/t19-/m0/s1. The molecule has 0 spiro atoms. The third kappa shape index (κ3) is 4.98. The molecule has 1 amide bonds. The van der Waals surface area contributed by atoms with Crippen LogP contribution in [0, 0.1) is 0 Å². The van der Waals surface area contributed by atoms with Gasteiger partial charge in [0.2, 0.25) is 5.91 Å². The van der Waals surface area contributed by atoms with Gasteiger partial charge >= 0.3 is 10.0 Å². The Morgan fingerprint density at radius 3 is 2.61 bits per heavy atom. The van der Waals surface area contributed by atoms with E-state index in [1.54, 1.807) is 12.1 Å². The fraction of sp³-hybridized carbons (Fsp3) is 0.333. The van der Waals surface area contributed by atoms with Crippen molar-refractivity contribution in [3.05, 3.63) is 60.2 Å². The molecule has 7 heteroatoms. The van der Waals surface area contributed by atoms with Crippen LogP contribution in [0.2, 0.25) is 0 Å². The minimum atomic E-state index is -3.69. The molecule has 3 rings (SSSR count). The molecule has 0 aromatic heterocycles. The Bertz CT molecular complexity index is 956. The largest absolute Gasteiger partial charge is 0.328 e. The summed E-state index contributed by atoms with van der Waals surface area (Å²) in [5.41, 5.74) is 1.42. The summed E-state index contributed by atoms with van der Waals surface area (Å²) in [5.74, 6) is 0.201. The van der Waals surface area contributed by atoms with Crippen LogP contribution in [0.1, 0.15) is 44.1 Å². The van der Waals surface area contributed by atoms with Crippen LogP contribution in [-0.2, 0) is 14.8 Å². The molecule has 1 atom stereocenters. The highest BCUT2D eigenvalue weighted by molar-refractivity contribution is 7.90. The van der Waals surface area contributed by atoms with Crippen LogP contribution in [0.4, 0.5) is 5.69 Å². The summed E-state index contributed by atoms with van der Waals surface area (Å²) in [6.07, 6.45) is 3.19. The van der Waals surface area contributed by atoms with Gasteiger partial charge in [0.15, 0.2) is 0 Å². The van der Waals surface area contributed by atoms with Crippen LogP contribution in [0.15, 0.2) is 59.5 Å². The van der Waals surface area contributed by atoms with Crippen molar-refractivity contribution in [2.45, 2.75) is 43.4 Å². The van der Waals surface area contributed by atoms with Crippen molar-refractivity contribution in [1.82, 2.24) is 4.72 Å². The lowest BCUT2D eigenvalue weighted by Gasteiger charge is -2.17. The van der Waals surface area contributed by atoms with Crippen molar-refractivity contribution >= 4 is 27.5 Å². The molecule has 1 aliphatic heterocycles. The van der Waals surface area contributed by atoms with E-state index >= 15 is 0 Å². The summed E-state index contributed by atoms with van der Waals surface area (Å²) in [6.45, 7) is 2.81. The quantitative estimate of drug-likeness (QED) is 0.662. The van der Waals surface area contributed by atoms with Crippen molar-refractivity contribution in [1.29, 1.82) is 0 Å². The predicted octanol–water partition coefficient (Wildman–Crippen LogP) is 1.76. The first kappa shape index (κ1) is 20.1. The predicted molar refractivity (Wildman–Crippen MR) is 110 cm³/mol. The number of rotatable bonds is 7. The Balaban J connectivity index is 1.77. The molecule has 1 heterocycles. The Kier molecular flexibility index (Phi) is 6.46. The van der Waals surface area contributed by atoms with Crippen molar-refractivity contribution in [2.75, 3.05) is 11.9 Å². The van der Waals surface area contributed by atoms with E-state index < -0.39 is 10.0 Å². The smallest absolute Gasteiger partial charge is 0.326 e. The highest BCUT2D eigenvalue weighted by Gasteiger charge is 2.25. The molecule has 1 aliphatic rings. The Labute approximate surface area is 166 Å². The molecule has 28 heavy (non-hydrogen) atoms. The van der Waals surface area contributed by atoms with E-state index in [1.807, 2.05) is 37.3 Å². The SMILES string of the molecule is CCC[C@H](C(=O)Nc1cccc(S(=O)(=O)NC2=[NH+]CCC2)c1)c1ccccc1. The number of anilines is 1. The maximum Gasteiger partial charge on any atom is 0.328 e. The summed E-state index contributed by atoms with van der Waals surface area (Å²) in [7, 11) is -3.69. The number of amidine groups is 1. The molecule has 0 fully saturated rings. The molecule has 0 saturated heterocycles. The second-order valence-corrected chi connectivity index (χ2v) is 8.57. The summed E-state index contributed by atoms with van der Waals surface area (Å²) in [4.78, 5) is 16.0. The van der Waals surface area contributed by atoms with E-state index in [0.29, 0.717) is 17.9 Å². The van der Waals surface area contributed by atoms with Crippen molar-refractivity contribution in [3.8, 4) is 0 Å². The molecule has 148 valence electrons. The first-order valence-corrected chi connectivity index (χ1v) is 11.1. The van der Waals surface area contributed by atoms with E-state index in [9.17, 15) is 13.2 Å². The number of carbonyl (C=O) groups excluding carboxylic acids is 1. The van der Waals surface area contributed by atoms with Crippen LogP contribution in [0.25, 0.3) is 0 Å². The summed E-state index contributed by atoms with van der Waals surface area (Å²) in [6, 6.07) is 16.0.